The molecule has 0 aromatic heterocycles. The number of amides is 1. The van der Waals surface area contributed by atoms with Crippen LogP contribution in [0.15, 0.2) is 18.2 Å². The van der Waals surface area contributed by atoms with Crippen LogP contribution >= 0.6 is 11.6 Å². The molecule has 0 spiro atoms. The SMILES string of the molecule is C[C@@H]1CCC[C@@H]2C[C@@H](NC(=O)c3ccc(N)c(Cl)c3)CCN21. The Kier molecular flexibility index (Phi) is 4.59. The van der Waals surface area contributed by atoms with Crippen molar-refractivity contribution in [2.24, 2.45) is 0 Å². The van der Waals surface area contributed by atoms with Crippen molar-refractivity contribution in [2.45, 2.75) is 57.2 Å². The van der Waals surface area contributed by atoms with Gasteiger partial charge in [0.1, 0.15) is 0 Å². The Morgan fingerprint density at radius 3 is 2.95 bits per heavy atom. The fourth-order valence-electron chi connectivity index (χ4n) is 3.82. The summed E-state index contributed by atoms with van der Waals surface area (Å²) in [6.07, 6.45) is 5.94. The zero-order valence-corrected chi connectivity index (χ0v) is 13.8. The Morgan fingerprint density at radius 1 is 1.36 bits per heavy atom. The Hall–Kier alpha value is -1.26. The zero-order valence-electron chi connectivity index (χ0n) is 13.0. The number of nitrogens with zero attached hydrogens (tertiary/aromatic N) is 1. The molecule has 2 saturated heterocycles. The molecule has 1 amide bonds. The second-order valence-electron chi connectivity index (χ2n) is 6.60. The number of nitrogens with two attached hydrogens (primary N) is 1. The molecule has 5 heteroatoms. The molecule has 3 rings (SSSR count). The predicted molar refractivity (Wildman–Crippen MR) is 90.2 cm³/mol. The molecule has 0 bridgehead atoms. The number of carbonyl (C=O) groups excluding carboxylic acids is 1. The molecule has 120 valence electrons. The van der Waals surface area contributed by atoms with Crippen LogP contribution in [0, 0.1) is 0 Å². The highest BCUT2D eigenvalue weighted by Gasteiger charge is 2.34. The molecule has 0 aliphatic carbocycles. The lowest BCUT2D eigenvalue weighted by Crippen LogP contribution is -2.54. The van der Waals surface area contributed by atoms with Gasteiger partial charge in [0, 0.05) is 30.2 Å². The van der Waals surface area contributed by atoms with E-state index in [2.05, 4.69) is 17.1 Å². The van der Waals surface area contributed by atoms with Crippen molar-refractivity contribution in [3.05, 3.63) is 28.8 Å². The summed E-state index contributed by atoms with van der Waals surface area (Å²) in [4.78, 5) is 15.0. The van der Waals surface area contributed by atoms with E-state index in [1.54, 1.807) is 18.2 Å². The van der Waals surface area contributed by atoms with Crippen molar-refractivity contribution in [2.75, 3.05) is 12.3 Å². The Balaban J connectivity index is 1.61. The minimum Gasteiger partial charge on any atom is -0.398 e. The van der Waals surface area contributed by atoms with E-state index in [9.17, 15) is 4.79 Å². The highest BCUT2D eigenvalue weighted by molar-refractivity contribution is 6.33. The molecule has 2 aliphatic rings. The van der Waals surface area contributed by atoms with E-state index in [-0.39, 0.29) is 11.9 Å². The number of rotatable bonds is 2. The van der Waals surface area contributed by atoms with E-state index in [0.717, 1.165) is 19.4 Å². The van der Waals surface area contributed by atoms with Gasteiger partial charge in [0.2, 0.25) is 0 Å². The largest absolute Gasteiger partial charge is 0.398 e. The average molecular weight is 322 g/mol. The summed E-state index contributed by atoms with van der Waals surface area (Å²) in [6, 6.07) is 6.63. The first-order chi connectivity index (χ1) is 10.5. The molecular formula is C17H24ClN3O. The lowest BCUT2D eigenvalue weighted by Gasteiger charge is -2.46. The van der Waals surface area contributed by atoms with Crippen LogP contribution in [0.4, 0.5) is 5.69 Å². The first-order valence-corrected chi connectivity index (χ1v) is 8.54. The quantitative estimate of drug-likeness (QED) is 0.823. The highest BCUT2D eigenvalue weighted by Crippen LogP contribution is 2.30. The van der Waals surface area contributed by atoms with E-state index in [4.69, 9.17) is 17.3 Å². The number of halogens is 1. The molecule has 2 heterocycles. The predicted octanol–water partition coefficient (Wildman–Crippen LogP) is 3.06. The Bertz CT molecular complexity index is 563. The van der Waals surface area contributed by atoms with Gasteiger partial charge in [0.25, 0.3) is 5.91 Å². The van der Waals surface area contributed by atoms with Gasteiger partial charge < -0.3 is 11.1 Å². The third kappa shape index (κ3) is 3.23. The van der Waals surface area contributed by atoms with Crippen molar-refractivity contribution in [3.8, 4) is 0 Å². The van der Waals surface area contributed by atoms with Crippen LogP contribution in [0.5, 0.6) is 0 Å². The minimum absolute atomic E-state index is 0.0517. The van der Waals surface area contributed by atoms with Gasteiger partial charge in [-0.15, -0.1) is 0 Å². The monoisotopic (exact) mass is 321 g/mol. The van der Waals surface area contributed by atoms with Crippen LogP contribution in [0.3, 0.4) is 0 Å². The molecule has 2 aliphatic heterocycles. The van der Waals surface area contributed by atoms with E-state index in [0.29, 0.717) is 28.4 Å². The van der Waals surface area contributed by atoms with E-state index >= 15 is 0 Å². The summed E-state index contributed by atoms with van der Waals surface area (Å²) < 4.78 is 0. The first kappa shape index (κ1) is 15.6. The highest BCUT2D eigenvalue weighted by atomic mass is 35.5. The summed E-state index contributed by atoms with van der Waals surface area (Å²) in [5.74, 6) is -0.0517. The summed E-state index contributed by atoms with van der Waals surface area (Å²) in [5.41, 5.74) is 6.77. The lowest BCUT2D eigenvalue weighted by molar-refractivity contribution is 0.0458. The standard InChI is InChI=1S/C17H24ClN3O/c1-11-3-2-4-14-10-13(7-8-21(11)14)20-17(22)12-5-6-16(19)15(18)9-12/h5-6,9,11,13-14H,2-4,7-8,10,19H2,1H3,(H,20,22)/t11-,13+,14-/m1/s1. The topological polar surface area (TPSA) is 58.4 Å². The van der Waals surface area contributed by atoms with Gasteiger partial charge in [-0.2, -0.15) is 0 Å². The van der Waals surface area contributed by atoms with Crippen LogP contribution in [-0.2, 0) is 0 Å². The summed E-state index contributed by atoms with van der Waals surface area (Å²) in [6.45, 7) is 3.40. The van der Waals surface area contributed by atoms with Crippen molar-refractivity contribution >= 4 is 23.2 Å². The molecular weight excluding hydrogens is 298 g/mol. The van der Waals surface area contributed by atoms with Gasteiger partial charge in [0.05, 0.1) is 10.7 Å². The normalized spacial score (nSPS) is 28.9. The minimum atomic E-state index is -0.0517. The summed E-state index contributed by atoms with van der Waals surface area (Å²) >= 11 is 6.00. The number of anilines is 1. The van der Waals surface area contributed by atoms with Crippen LogP contribution in [0.25, 0.3) is 0 Å². The third-order valence-electron chi connectivity index (χ3n) is 5.08. The van der Waals surface area contributed by atoms with Gasteiger partial charge in [-0.1, -0.05) is 18.0 Å². The maximum atomic E-state index is 12.4. The van der Waals surface area contributed by atoms with Crippen LogP contribution in [0.2, 0.25) is 5.02 Å². The fourth-order valence-corrected chi connectivity index (χ4v) is 4.00. The average Bonchev–Trinajstić information content (AvgIpc) is 2.50. The Labute approximate surface area is 137 Å². The molecule has 4 nitrogen and oxygen atoms in total. The van der Waals surface area contributed by atoms with E-state index < -0.39 is 0 Å². The number of hydrogen-bond acceptors (Lipinski definition) is 3. The van der Waals surface area contributed by atoms with Gasteiger partial charge in [-0.25, -0.2) is 0 Å². The van der Waals surface area contributed by atoms with Gasteiger partial charge in [0.15, 0.2) is 0 Å². The summed E-state index contributed by atoms with van der Waals surface area (Å²) in [7, 11) is 0. The second-order valence-corrected chi connectivity index (χ2v) is 7.01. The van der Waals surface area contributed by atoms with Crippen molar-refractivity contribution < 1.29 is 4.79 Å². The molecule has 1 aromatic carbocycles. The van der Waals surface area contributed by atoms with E-state index in [1.165, 1.54) is 19.3 Å². The maximum Gasteiger partial charge on any atom is 0.251 e. The molecule has 1 aromatic rings. The van der Waals surface area contributed by atoms with Crippen LogP contribution < -0.4 is 11.1 Å². The number of nitrogens with one attached hydrogen (secondary N) is 1. The van der Waals surface area contributed by atoms with Crippen LogP contribution in [-0.4, -0.2) is 35.5 Å². The maximum absolute atomic E-state index is 12.4. The molecule has 2 fully saturated rings. The van der Waals surface area contributed by atoms with Crippen molar-refractivity contribution in [3.63, 3.8) is 0 Å². The number of fused-ring (bicyclic) bond motifs is 1. The molecule has 3 N–H and O–H groups in total. The number of piperidine rings is 2. The van der Waals surface area contributed by atoms with Crippen molar-refractivity contribution in [1.29, 1.82) is 0 Å². The number of nitrogen functional groups attached to an aromatic ring is 1. The first-order valence-electron chi connectivity index (χ1n) is 8.16. The molecule has 3 atom stereocenters. The molecule has 22 heavy (non-hydrogen) atoms. The molecule has 0 unspecified atom stereocenters. The van der Waals surface area contributed by atoms with Crippen LogP contribution in [0.1, 0.15) is 49.4 Å². The third-order valence-corrected chi connectivity index (χ3v) is 5.41. The molecule has 0 radical (unpaired) electrons. The number of carbonyl (C=O) groups is 1. The summed E-state index contributed by atoms with van der Waals surface area (Å²) in [5, 5.41) is 3.60. The van der Waals surface area contributed by atoms with E-state index in [1.807, 2.05) is 0 Å². The lowest BCUT2D eigenvalue weighted by atomic mass is 9.87. The zero-order chi connectivity index (χ0) is 15.7. The fraction of sp³-hybridized carbons (Fsp3) is 0.588. The van der Waals surface area contributed by atoms with Gasteiger partial charge >= 0.3 is 0 Å². The van der Waals surface area contributed by atoms with Gasteiger partial charge in [-0.3, -0.25) is 9.69 Å². The number of hydrogen-bond donors (Lipinski definition) is 2. The van der Waals surface area contributed by atoms with Gasteiger partial charge in [-0.05, 0) is 50.8 Å². The van der Waals surface area contributed by atoms with Crippen molar-refractivity contribution in [1.82, 2.24) is 10.2 Å². The Morgan fingerprint density at radius 2 is 2.18 bits per heavy atom. The smallest absolute Gasteiger partial charge is 0.251 e. The second kappa shape index (κ2) is 6.47. The number of benzene rings is 1. The molecule has 0 saturated carbocycles.